The molecule has 9 nitrogen and oxygen atoms in total. The van der Waals surface area contributed by atoms with Crippen molar-refractivity contribution in [1.29, 1.82) is 0 Å². The van der Waals surface area contributed by atoms with Crippen LogP contribution in [-0.2, 0) is 14.3 Å². The Morgan fingerprint density at radius 2 is 1.87 bits per heavy atom. The number of nitrogens with zero attached hydrogens (tertiary/aromatic N) is 4. The van der Waals surface area contributed by atoms with Crippen molar-refractivity contribution in [2.24, 2.45) is 11.3 Å². The molecular formula is C29H39N5O4S. The number of Topliss-reactive ketones (excluding diaryl/α,β-unsaturated/α-hetero) is 1. The first-order valence-corrected chi connectivity index (χ1v) is 14.7. The van der Waals surface area contributed by atoms with E-state index >= 15 is 0 Å². The van der Waals surface area contributed by atoms with Crippen LogP contribution in [0, 0.1) is 11.3 Å². The highest BCUT2D eigenvalue weighted by Gasteiger charge is 2.53. The van der Waals surface area contributed by atoms with Crippen LogP contribution in [0.2, 0.25) is 0 Å². The van der Waals surface area contributed by atoms with Gasteiger partial charge in [-0.15, -0.1) is 11.3 Å². The predicted molar refractivity (Wildman–Crippen MR) is 152 cm³/mol. The number of likely N-dealkylation sites (tertiary alicyclic amines) is 1. The quantitative estimate of drug-likeness (QED) is 0.563. The van der Waals surface area contributed by atoms with Crippen LogP contribution in [0.4, 0.5) is 5.13 Å². The minimum absolute atomic E-state index is 0.0415. The third kappa shape index (κ3) is 5.47. The summed E-state index contributed by atoms with van der Waals surface area (Å²) in [4.78, 5) is 50.9. The molecule has 4 atom stereocenters. The zero-order valence-electron chi connectivity index (χ0n) is 23.5. The van der Waals surface area contributed by atoms with Gasteiger partial charge in [0.25, 0.3) is 5.91 Å². The summed E-state index contributed by atoms with van der Waals surface area (Å²) in [6, 6.07) is 6.04. The molecule has 1 N–H and O–H groups in total. The Hall–Kier alpha value is -2.82. The Morgan fingerprint density at radius 3 is 2.54 bits per heavy atom. The molecule has 1 aromatic heterocycles. The van der Waals surface area contributed by atoms with E-state index in [4.69, 9.17) is 9.72 Å². The van der Waals surface area contributed by atoms with Gasteiger partial charge >= 0.3 is 0 Å². The van der Waals surface area contributed by atoms with Crippen LogP contribution in [0.3, 0.4) is 0 Å². The topological polar surface area (TPSA) is 95.1 Å². The van der Waals surface area contributed by atoms with Gasteiger partial charge in [-0.1, -0.05) is 39.8 Å². The number of fused-ring (bicyclic) bond motifs is 1. The molecule has 3 aliphatic rings. The Balaban J connectivity index is 1.29. The van der Waals surface area contributed by atoms with Gasteiger partial charge < -0.3 is 24.8 Å². The van der Waals surface area contributed by atoms with Crippen LogP contribution in [0.5, 0.6) is 0 Å². The number of amides is 2. The zero-order valence-corrected chi connectivity index (χ0v) is 24.3. The van der Waals surface area contributed by atoms with Gasteiger partial charge in [-0.05, 0) is 31.0 Å². The molecule has 39 heavy (non-hydrogen) atoms. The van der Waals surface area contributed by atoms with Crippen LogP contribution >= 0.6 is 11.3 Å². The van der Waals surface area contributed by atoms with Gasteiger partial charge in [-0.2, -0.15) is 0 Å². The second kappa shape index (κ2) is 11.0. The summed E-state index contributed by atoms with van der Waals surface area (Å²) >= 11 is 1.64. The van der Waals surface area contributed by atoms with Crippen molar-refractivity contribution in [2.45, 2.75) is 52.3 Å². The number of ether oxygens (including phenoxy) is 1. The fraction of sp³-hybridized carbons (Fsp3) is 0.586. The Kier molecular flexibility index (Phi) is 7.81. The third-order valence-corrected chi connectivity index (χ3v) is 9.55. The van der Waals surface area contributed by atoms with E-state index in [9.17, 15) is 14.4 Å². The lowest BCUT2D eigenvalue weighted by Crippen LogP contribution is -2.57. The average molecular weight is 554 g/mol. The fourth-order valence-electron chi connectivity index (χ4n) is 5.63. The molecule has 0 aliphatic carbocycles. The van der Waals surface area contributed by atoms with Gasteiger partial charge in [-0.3, -0.25) is 14.4 Å². The van der Waals surface area contributed by atoms with Crippen molar-refractivity contribution in [3.63, 3.8) is 0 Å². The van der Waals surface area contributed by atoms with Crippen molar-refractivity contribution in [1.82, 2.24) is 20.1 Å². The van der Waals surface area contributed by atoms with Gasteiger partial charge in [-0.25, -0.2) is 4.98 Å². The lowest BCUT2D eigenvalue weighted by Gasteiger charge is -2.36. The summed E-state index contributed by atoms with van der Waals surface area (Å²) in [5, 5.41) is 6.09. The third-order valence-electron chi connectivity index (χ3n) is 8.65. The molecule has 2 aromatic rings. The number of likely N-dealkylation sites (N-methyl/N-ethyl adjacent to an activating group) is 1. The Morgan fingerprint density at radius 1 is 1.18 bits per heavy atom. The highest BCUT2D eigenvalue weighted by Crippen LogP contribution is 2.35. The molecule has 3 fully saturated rings. The van der Waals surface area contributed by atoms with Crippen LogP contribution < -0.4 is 10.2 Å². The van der Waals surface area contributed by atoms with Crippen LogP contribution in [0.1, 0.15) is 44.5 Å². The van der Waals surface area contributed by atoms with Gasteiger partial charge in [0.05, 0.1) is 11.8 Å². The summed E-state index contributed by atoms with van der Waals surface area (Å²) in [6.45, 7) is 12.4. The molecule has 10 heteroatoms. The number of carbonyl (C=O) groups excluding carboxylic acids is 3. The molecule has 1 unspecified atom stereocenters. The number of piperazine rings is 1. The molecule has 0 bridgehead atoms. The number of thiazole rings is 1. The van der Waals surface area contributed by atoms with E-state index in [1.807, 2.05) is 39.8 Å². The average Bonchev–Trinajstić information content (AvgIpc) is 3.65. The van der Waals surface area contributed by atoms with Gasteiger partial charge in [0.2, 0.25) is 5.91 Å². The first-order chi connectivity index (χ1) is 18.6. The molecule has 4 heterocycles. The van der Waals surface area contributed by atoms with Crippen molar-refractivity contribution < 1.29 is 19.1 Å². The first kappa shape index (κ1) is 27.7. The molecule has 0 spiro atoms. The van der Waals surface area contributed by atoms with Crippen molar-refractivity contribution in [3.05, 3.63) is 35.2 Å². The SMILES string of the molecule is CCC(C)(C)C(NC(=O)c1ccc(-c2csc(N3CCN(C)CC3)n2)cc1)C(=O)N1C[C@H](C)[C@H]2OCC(=O)[C@H]21. The first-order valence-electron chi connectivity index (χ1n) is 13.8. The maximum atomic E-state index is 13.8. The Labute approximate surface area is 234 Å². The molecule has 1 aromatic carbocycles. The summed E-state index contributed by atoms with van der Waals surface area (Å²) in [5.41, 5.74) is 1.81. The summed E-state index contributed by atoms with van der Waals surface area (Å²) in [7, 11) is 2.14. The highest BCUT2D eigenvalue weighted by molar-refractivity contribution is 7.14. The number of rotatable bonds is 7. The van der Waals surface area contributed by atoms with Crippen molar-refractivity contribution >= 4 is 34.1 Å². The molecule has 3 aliphatic heterocycles. The smallest absolute Gasteiger partial charge is 0.251 e. The number of hydrogen-bond donors (Lipinski definition) is 1. The number of carbonyl (C=O) groups is 3. The molecule has 0 saturated carbocycles. The fourth-order valence-corrected chi connectivity index (χ4v) is 6.52. The molecule has 3 saturated heterocycles. The number of anilines is 1. The summed E-state index contributed by atoms with van der Waals surface area (Å²) < 4.78 is 5.67. The van der Waals surface area contributed by atoms with Gasteiger partial charge in [0.1, 0.15) is 18.7 Å². The van der Waals surface area contributed by atoms with Crippen molar-refractivity contribution in [2.75, 3.05) is 51.3 Å². The monoisotopic (exact) mass is 553 g/mol. The van der Waals surface area contributed by atoms with Gasteiger partial charge in [0, 0.05) is 55.1 Å². The van der Waals surface area contributed by atoms with E-state index in [-0.39, 0.29) is 36.2 Å². The molecule has 2 amide bonds. The van der Waals surface area contributed by atoms with Crippen LogP contribution in [0.15, 0.2) is 29.6 Å². The van der Waals surface area contributed by atoms with Crippen LogP contribution in [0.25, 0.3) is 11.3 Å². The lowest BCUT2D eigenvalue weighted by molar-refractivity contribution is -0.140. The van der Waals surface area contributed by atoms with E-state index in [1.165, 1.54) is 0 Å². The van der Waals surface area contributed by atoms with E-state index in [0.29, 0.717) is 18.5 Å². The number of nitrogens with one attached hydrogen (secondary N) is 1. The largest absolute Gasteiger partial charge is 0.367 e. The maximum Gasteiger partial charge on any atom is 0.251 e. The van der Waals surface area contributed by atoms with Gasteiger partial charge in [0.15, 0.2) is 10.9 Å². The minimum Gasteiger partial charge on any atom is -0.367 e. The standard InChI is InChI=1S/C29H39N5O4S/c1-6-29(3,4)25(27(37)34-15-18(2)24-23(34)22(35)16-38-24)31-26(36)20-9-7-19(8-10-20)21-17-39-28(30-21)33-13-11-32(5)12-14-33/h7-10,17-18,23-25H,6,11-16H2,1-5H3,(H,31,36)/t18-,23+,24+,25?/m0/s1. The Bertz CT molecular complexity index is 1220. The lowest BCUT2D eigenvalue weighted by atomic mass is 9.80. The van der Waals surface area contributed by atoms with E-state index in [0.717, 1.165) is 42.6 Å². The molecular weight excluding hydrogens is 514 g/mol. The molecule has 210 valence electrons. The molecule has 5 rings (SSSR count). The van der Waals surface area contributed by atoms with Crippen molar-refractivity contribution in [3.8, 4) is 11.3 Å². The number of hydrogen-bond acceptors (Lipinski definition) is 8. The second-order valence-electron chi connectivity index (χ2n) is 11.8. The highest BCUT2D eigenvalue weighted by atomic mass is 32.1. The molecule has 0 radical (unpaired) electrons. The predicted octanol–water partition coefficient (Wildman–Crippen LogP) is 2.91. The van der Waals surface area contributed by atoms with E-state index < -0.39 is 17.5 Å². The summed E-state index contributed by atoms with van der Waals surface area (Å²) in [5.74, 6) is -0.522. The van der Waals surface area contributed by atoms with Crippen LogP contribution in [-0.4, -0.2) is 96.9 Å². The minimum atomic E-state index is -0.765. The zero-order chi connectivity index (χ0) is 27.9. The van der Waals surface area contributed by atoms with E-state index in [1.54, 1.807) is 28.4 Å². The number of aromatic nitrogens is 1. The summed E-state index contributed by atoms with van der Waals surface area (Å²) in [6.07, 6.45) is 0.418. The normalized spacial score (nSPS) is 24.6. The van der Waals surface area contributed by atoms with E-state index in [2.05, 4.69) is 27.5 Å². The maximum absolute atomic E-state index is 13.8. The number of ketones is 1. The number of benzene rings is 1. The second-order valence-corrected chi connectivity index (χ2v) is 12.6.